The molecule has 0 spiro atoms. The third-order valence-electron chi connectivity index (χ3n) is 1.85. The monoisotopic (exact) mass is 254 g/mol. The van der Waals surface area contributed by atoms with E-state index in [1.807, 2.05) is 0 Å². The standard InChI is InChI=1S/C9H18O6S/c1-4(2)16-9(15)8(14)7(13)6(12)5(11)3-10/h4-8,10-14H,3H2,1-2H3/t5-,6+,7+,8-/m1/s1. The van der Waals surface area contributed by atoms with Crippen LogP contribution in [0.3, 0.4) is 0 Å². The molecule has 0 rings (SSSR count). The average molecular weight is 254 g/mol. The van der Waals surface area contributed by atoms with Crippen LogP contribution in [0.4, 0.5) is 0 Å². The van der Waals surface area contributed by atoms with Gasteiger partial charge in [0.15, 0.2) is 6.10 Å². The second-order valence-corrected chi connectivity index (χ2v) is 5.24. The molecule has 96 valence electrons. The largest absolute Gasteiger partial charge is 0.394 e. The summed E-state index contributed by atoms with van der Waals surface area (Å²) in [6.45, 7) is 2.71. The van der Waals surface area contributed by atoms with E-state index in [4.69, 9.17) is 10.2 Å². The van der Waals surface area contributed by atoms with E-state index in [9.17, 15) is 20.1 Å². The van der Waals surface area contributed by atoms with Crippen LogP contribution in [0.1, 0.15) is 13.8 Å². The molecule has 5 N–H and O–H groups in total. The van der Waals surface area contributed by atoms with Crippen LogP contribution >= 0.6 is 11.8 Å². The molecule has 0 aromatic heterocycles. The number of aliphatic hydroxyl groups is 5. The molecule has 0 saturated heterocycles. The van der Waals surface area contributed by atoms with Gasteiger partial charge in [0.05, 0.1) is 6.61 Å². The summed E-state index contributed by atoms with van der Waals surface area (Å²) >= 11 is 0.823. The highest BCUT2D eigenvalue weighted by Gasteiger charge is 2.34. The Hall–Kier alpha value is -0.180. The Bertz CT molecular complexity index is 222. The lowest BCUT2D eigenvalue weighted by Crippen LogP contribution is -2.48. The molecule has 0 aliphatic heterocycles. The Morgan fingerprint density at radius 3 is 2.00 bits per heavy atom. The van der Waals surface area contributed by atoms with Gasteiger partial charge in [-0.25, -0.2) is 0 Å². The maximum atomic E-state index is 11.3. The normalized spacial score (nSPS) is 19.2. The number of carbonyl (C=O) groups excluding carboxylic acids is 1. The van der Waals surface area contributed by atoms with Gasteiger partial charge >= 0.3 is 0 Å². The predicted octanol–water partition coefficient (Wildman–Crippen LogP) is -1.91. The Labute approximate surface area is 97.9 Å². The van der Waals surface area contributed by atoms with E-state index in [0.717, 1.165) is 11.8 Å². The molecule has 6 nitrogen and oxygen atoms in total. The predicted molar refractivity (Wildman–Crippen MR) is 58.8 cm³/mol. The van der Waals surface area contributed by atoms with Crippen molar-refractivity contribution in [2.45, 2.75) is 43.5 Å². The number of thioether (sulfide) groups is 1. The molecule has 0 amide bonds. The molecule has 7 heteroatoms. The summed E-state index contributed by atoms with van der Waals surface area (Å²) in [5.41, 5.74) is 0. The van der Waals surface area contributed by atoms with Crippen LogP contribution in [-0.2, 0) is 4.79 Å². The summed E-state index contributed by atoms with van der Waals surface area (Å²) in [4.78, 5) is 11.3. The smallest absolute Gasteiger partial charge is 0.220 e. The van der Waals surface area contributed by atoms with Gasteiger partial charge in [-0.3, -0.25) is 4.79 Å². The molecule has 0 saturated carbocycles. The van der Waals surface area contributed by atoms with Crippen molar-refractivity contribution in [3.63, 3.8) is 0 Å². The van der Waals surface area contributed by atoms with Gasteiger partial charge in [0.25, 0.3) is 0 Å². The van der Waals surface area contributed by atoms with Crippen LogP contribution < -0.4 is 0 Å². The SMILES string of the molecule is CC(C)SC(=O)[C@H](O)[C@@H](O)[C@@H](O)[C@H](O)CO. The lowest BCUT2D eigenvalue weighted by molar-refractivity contribution is -0.139. The molecule has 0 aliphatic carbocycles. The molecule has 0 heterocycles. The molecule has 4 atom stereocenters. The van der Waals surface area contributed by atoms with Crippen LogP contribution in [0.15, 0.2) is 0 Å². The van der Waals surface area contributed by atoms with Crippen molar-refractivity contribution in [1.82, 2.24) is 0 Å². The third kappa shape index (κ3) is 4.77. The second kappa shape index (κ2) is 7.21. The first-order valence-electron chi connectivity index (χ1n) is 4.84. The summed E-state index contributed by atoms with van der Waals surface area (Å²) < 4.78 is 0. The zero-order valence-corrected chi connectivity index (χ0v) is 9.96. The molecular formula is C9H18O6S. The van der Waals surface area contributed by atoms with Crippen molar-refractivity contribution in [2.24, 2.45) is 0 Å². The first-order chi connectivity index (χ1) is 7.31. The summed E-state index contributed by atoms with van der Waals surface area (Å²) in [6, 6.07) is 0. The summed E-state index contributed by atoms with van der Waals surface area (Å²) in [5, 5.41) is 44.8. The molecule has 0 aromatic carbocycles. The van der Waals surface area contributed by atoms with E-state index in [-0.39, 0.29) is 5.25 Å². The molecule has 0 unspecified atom stereocenters. The van der Waals surface area contributed by atoms with Gasteiger partial charge in [-0.05, 0) is 0 Å². The Morgan fingerprint density at radius 2 is 1.62 bits per heavy atom. The fraction of sp³-hybridized carbons (Fsp3) is 0.889. The van der Waals surface area contributed by atoms with E-state index >= 15 is 0 Å². The molecule has 0 bridgehead atoms. The lowest BCUT2D eigenvalue weighted by Gasteiger charge is -2.24. The van der Waals surface area contributed by atoms with Gasteiger partial charge < -0.3 is 25.5 Å². The van der Waals surface area contributed by atoms with Gasteiger partial charge in [-0.1, -0.05) is 25.6 Å². The van der Waals surface area contributed by atoms with Gasteiger partial charge in [0.2, 0.25) is 5.12 Å². The molecule has 16 heavy (non-hydrogen) atoms. The first-order valence-corrected chi connectivity index (χ1v) is 5.72. The molecular weight excluding hydrogens is 236 g/mol. The van der Waals surface area contributed by atoms with Crippen LogP contribution in [0.5, 0.6) is 0 Å². The van der Waals surface area contributed by atoms with Crippen molar-refractivity contribution in [2.75, 3.05) is 6.61 Å². The summed E-state index contributed by atoms with van der Waals surface area (Å²) in [7, 11) is 0. The average Bonchev–Trinajstić information content (AvgIpc) is 2.23. The number of carbonyl (C=O) groups is 1. The highest BCUT2D eigenvalue weighted by atomic mass is 32.2. The molecule has 0 fully saturated rings. The van der Waals surface area contributed by atoms with E-state index in [1.54, 1.807) is 13.8 Å². The van der Waals surface area contributed by atoms with Crippen molar-refractivity contribution < 1.29 is 30.3 Å². The lowest BCUT2D eigenvalue weighted by atomic mass is 10.0. The summed E-state index contributed by atoms with van der Waals surface area (Å²) in [5.74, 6) is 0. The minimum absolute atomic E-state index is 0.0609. The van der Waals surface area contributed by atoms with Gasteiger partial charge in [0.1, 0.15) is 18.3 Å². The van der Waals surface area contributed by atoms with Crippen LogP contribution in [0.25, 0.3) is 0 Å². The highest BCUT2D eigenvalue weighted by Crippen LogP contribution is 2.16. The minimum Gasteiger partial charge on any atom is -0.394 e. The Balaban J connectivity index is 4.36. The van der Waals surface area contributed by atoms with E-state index in [1.165, 1.54) is 0 Å². The van der Waals surface area contributed by atoms with E-state index in [0.29, 0.717) is 0 Å². The maximum absolute atomic E-state index is 11.3. The zero-order valence-electron chi connectivity index (χ0n) is 9.15. The van der Waals surface area contributed by atoms with Crippen molar-refractivity contribution >= 4 is 16.9 Å². The maximum Gasteiger partial charge on any atom is 0.220 e. The fourth-order valence-electron chi connectivity index (χ4n) is 0.964. The molecule has 0 aliphatic rings. The Kier molecular flexibility index (Phi) is 7.12. The van der Waals surface area contributed by atoms with E-state index in [2.05, 4.69) is 0 Å². The van der Waals surface area contributed by atoms with Crippen LogP contribution in [0.2, 0.25) is 0 Å². The van der Waals surface area contributed by atoms with E-state index < -0.39 is 36.1 Å². The van der Waals surface area contributed by atoms with Crippen LogP contribution in [-0.4, -0.2) is 66.9 Å². The van der Waals surface area contributed by atoms with Gasteiger partial charge in [0, 0.05) is 5.25 Å². The minimum atomic E-state index is -1.82. The molecule has 0 aromatic rings. The number of hydrogen-bond donors (Lipinski definition) is 5. The zero-order chi connectivity index (χ0) is 12.9. The number of hydrogen-bond acceptors (Lipinski definition) is 7. The quantitative estimate of drug-likeness (QED) is 0.375. The Morgan fingerprint density at radius 1 is 1.12 bits per heavy atom. The highest BCUT2D eigenvalue weighted by molar-refractivity contribution is 8.14. The van der Waals surface area contributed by atoms with Crippen molar-refractivity contribution in [3.05, 3.63) is 0 Å². The van der Waals surface area contributed by atoms with Crippen molar-refractivity contribution in [3.8, 4) is 0 Å². The van der Waals surface area contributed by atoms with Gasteiger partial charge in [-0.2, -0.15) is 0 Å². The number of aliphatic hydroxyl groups excluding tert-OH is 5. The number of rotatable bonds is 6. The van der Waals surface area contributed by atoms with Crippen molar-refractivity contribution in [1.29, 1.82) is 0 Å². The molecule has 0 radical (unpaired) electrons. The second-order valence-electron chi connectivity index (χ2n) is 3.66. The summed E-state index contributed by atoms with van der Waals surface area (Å²) in [6.07, 6.45) is -6.97. The van der Waals surface area contributed by atoms with Gasteiger partial charge in [-0.15, -0.1) is 0 Å². The topological polar surface area (TPSA) is 118 Å². The third-order valence-corrected chi connectivity index (χ3v) is 2.79. The fourth-order valence-corrected chi connectivity index (χ4v) is 1.71. The van der Waals surface area contributed by atoms with Crippen LogP contribution in [0, 0.1) is 0 Å². The first kappa shape index (κ1) is 15.8.